The van der Waals surface area contributed by atoms with E-state index in [4.69, 9.17) is 5.11 Å². The zero-order valence-electron chi connectivity index (χ0n) is 14.9. The Morgan fingerprint density at radius 3 is 2.52 bits per heavy atom. The number of hydrogen-bond acceptors (Lipinski definition) is 6. The molecule has 10 heteroatoms. The molecule has 0 fully saturated rings. The SMILES string of the molecule is O=C(C[C@H]1N=C(N/N=C\c2ccc(F)cc2)NC1=O)Nc1ccc(C(=O)O)cc1. The third kappa shape index (κ3) is 5.45. The summed E-state index contributed by atoms with van der Waals surface area (Å²) < 4.78 is 12.8. The van der Waals surface area contributed by atoms with Crippen molar-refractivity contribution in [3.05, 3.63) is 65.5 Å². The number of anilines is 1. The second-order valence-corrected chi connectivity index (χ2v) is 6.04. The van der Waals surface area contributed by atoms with E-state index in [1.807, 2.05) is 0 Å². The van der Waals surface area contributed by atoms with Crippen molar-refractivity contribution < 1.29 is 23.9 Å². The molecule has 0 aromatic heterocycles. The number of hydrogen-bond donors (Lipinski definition) is 4. The lowest BCUT2D eigenvalue weighted by Crippen LogP contribution is -2.35. The minimum absolute atomic E-state index is 0.0944. The lowest BCUT2D eigenvalue weighted by Gasteiger charge is -2.07. The van der Waals surface area contributed by atoms with E-state index < -0.39 is 23.8 Å². The van der Waals surface area contributed by atoms with Gasteiger partial charge in [0, 0.05) is 5.69 Å². The van der Waals surface area contributed by atoms with Gasteiger partial charge in [-0.2, -0.15) is 5.10 Å². The van der Waals surface area contributed by atoms with E-state index in [2.05, 4.69) is 26.2 Å². The Bertz CT molecular complexity index is 987. The standard InChI is InChI=1S/C19H16FN5O4/c20-13-5-1-11(2-6-13)10-21-25-19-23-15(17(27)24-19)9-16(26)22-14-7-3-12(4-8-14)18(28)29/h1-8,10,15H,9H2,(H,22,26)(H,28,29)(H2,23,24,25,27)/b21-10-/t15-/m1/s1. The molecule has 3 rings (SSSR count). The van der Waals surface area contributed by atoms with Gasteiger partial charge in [-0.15, -0.1) is 0 Å². The van der Waals surface area contributed by atoms with Crippen LogP contribution in [-0.4, -0.2) is 41.1 Å². The quantitative estimate of drug-likeness (QED) is 0.431. The summed E-state index contributed by atoms with van der Waals surface area (Å²) in [5.41, 5.74) is 3.70. The fraction of sp³-hybridized carbons (Fsp3) is 0.105. The number of halogens is 1. The van der Waals surface area contributed by atoms with Gasteiger partial charge in [-0.1, -0.05) is 12.1 Å². The molecule has 2 aromatic rings. The summed E-state index contributed by atoms with van der Waals surface area (Å²) in [6.45, 7) is 0. The fourth-order valence-corrected chi connectivity index (χ4v) is 2.44. The highest BCUT2D eigenvalue weighted by molar-refractivity contribution is 6.07. The number of aliphatic imine (C=N–C) groups is 1. The molecule has 1 heterocycles. The van der Waals surface area contributed by atoms with E-state index in [0.29, 0.717) is 11.3 Å². The largest absolute Gasteiger partial charge is 0.478 e. The summed E-state index contributed by atoms with van der Waals surface area (Å²) in [7, 11) is 0. The average molecular weight is 397 g/mol. The molecule has 148 valence electrons. The Kier molecular flexibility index (Phi) is 5.93. The van der Waals surface area contributed by atoms with Gasteiger partial charge in [0.2, 0.25) is 11.9 Å². The van der Waals surface area contributed by atoms with E-state index in [0.717, 1.165) is 0 Å². The van der Waals surface area contributed by atoms with Crippen molar-refractivity contribution in [3.63, 3.8) is 0 Å². The van der Waals surface area contributed by atoms with Crippen LogP contribution in [-0.2, 0) is 9.59 Å². The minimum atomic E-state index is -1.07. The molecule has 0 bridgehead atoms. The molecule has 2 aromatic carbocycles. The Balaban J connectivity index is 1.53. The maximum absolute atomic E-state index is 12.8. The van der Waals surface area contributed by atoms with Gasteiger partial charge in [-0.25, -0.2) is 19.6 Å². The number of hydrazone groups is 1. The van der Waals surface area contributed by atoms with Gasteiger partial charge < -0.3 is 10.4 Å². The highest BCUT2D eigenvalue weighted by Crippen LogP contribution is 2.12. The van der Waals surface area contributed by atoms with Crippen LogP contribution in [0.15, 0.2) is 58.6 Å². The summed E-state index contributed by atoms with van der Waals surface area (Å²) >= 11 is 0. The third-order valence-corrected chi connectivity index (χ3v) is 3.88. The highest BCUT2D eigenvalue weighted by Gasteiger charge is 2.28. The molecule has 0 unspecified atom stereocenters. The second kappa shape index (κ2) is 8.74. The number of carbonyl (C=O) groups excluding carboxylic acids is 2. The van der Waals surface area contributed by atoms with Crippen LogP contribution < -0.4 is 16.1 Å². The van der Waals surface area contributed by atoms with Crippen molar-refractivity contribution >= 4 is 35.6 Å². The van der Waals surface area contributed by atoms with E-state index in [-0.39, 0.29) is 23.8 Å². The number of aromatic carboxylic acids is 1. The zero-order chi connectivity index (χ0) is 20.8. The molecule has 0 saturated heterocycles. The Hall–Kier alpha value is -4.08. The molecular formula is C19H16FN5O4. The van der Waals surface area contributed by atoms with Crippen LogP contribution in [0.1, 0.15) is 22.3 Å². The number of benzene rings is 2. The molecule has 4 N–H and O–H groups in total. The fourth-order valence-electron chi connectivity index (χ4n) is 2.44. The molecule has 9 nitrogen and oxygen atoms in total. The van der Waals surface area contributed by atoms with Crippen LogP contribution in [0.4, 0.5) is 10.1 Å². The molecule has 0 radical (unpaired) electrons. The number of nitrogens with one attached hydrogen (secondary N) is 3. The monoisotopic (exact) mass is 397 g/mol. The number of nitrogens with zero attached hydrogens (tertiary/aromatic N) is 2. The number of amides is 2. The normalized spacial score (nSPS) is 15.7. The van der Waals surface area contributed by atoms with Crippen molar-refractivity contribution in [1.29, 1.82) is 0 Å². The molecule has 1 aliphatic heterocycles. The number of guanidine groups is 1. The second-order valence-electron chi connectivity index (χ2n) is 6.04. The molecule has 29 heavy (non-hydrogen) atoms. The van der Waals surface area contributed by atoms with E-state index >= 15 is 0 Å². The number of rotatable bonds is 6. The van der Waals surface area contributed by atoms with Crippen LogP contribution in [0, 0.1) is 5.82 Å². The predicted octanol–water partition coefficient (Wildman–Crippen LogP) is 1.33. The van der Waals surface area contributed by atoms with Gasteiger partial charge in [0.15, 0.2) is 0 Å². The van der Waals surface area contributed by atoms with Crippen molar-refractivity contribution in [2.24, 2.45) is 10.1 Å². The van der Waals surface area contributed by atoms with Crippen LogP contribution in [0.25, 0.3) is 0 Å². The van der Waals surface area contributed by atoms with Gasteiger partial charge >= 0.3 is 5.97 Å². The Labute approximate surface area is 164 Å². The Morgan fingerprint density at radius 2 is 1.86 bits per heavy atom. The van der Waals surface area contributed by atoms with Crippen LogP contribution in [0.5, 0.6) is 0 Å². The van der Waals surface area contributed by atoms with Crippen molar-refractivity contribution in [2.75, 3.05) is 5.32 Å². The lowest BCUT2D eigenvalue weighted by atomic mass is 10.2. The average Bonchev–Trinajstić information content (AvgIpc) is 3.03. The summed E-state index contributed by atoms with van der Waals surface area (Å²) in [4.78, 5) is 39.0. The van der Waals surface area contributed by atoms with Crippen LogP contribution in [0.3, 0.4) is 0 Å². The first-order valence-corrected chi connectivity index (χ1v) is 8.47. The van der Waals surface area contributed by atoms with Gasteiger partial charge in [0.1, 0.15) is 11.9 Å². The molecular weight excluding hydrogens is 381 g/mol. The zero-order valence-corrected chi connectivity index (χ0v) is 14.9. The van der Waals surface area contributed by atoms with Crippen molar-refractivity contribution in [2.45, 2.75) is 12.5 Å². The van der Waals surface area contributed by atoms with Gasteiger partial charge in [0.05, 0.1) is 18.2 Å². The third-order valence-electron chi connectivity index (χ3n) is 3.88. The van der Waals surface area contributed by atoms with Crippen LogP contribution >= 0.6 is 0 Å². The summed E-state index contributed by atoms with van der Waals surface area (Å²) in [5, 5.41) is 17.8. The van der Waals surface area contributed by atoms with Crippen molar-refractivity contribution in [1.82, 2.24) is 10.7 Å². The first-order valence-electron chi connectivity index (χ1n) is 8.47. The molecule has 2 amide bonds. The number of carboxylic acid groups (broad SMARTS) is 1. The smallest absolute Gasteiger partial charge is 0.335 e. The molecule has 1 aliphatic rings. The van der Waals surface area contributed by atoms with E-state index in [9.17, 15) is 18.8 Å². The maximum atomic E-state index is 12.8. The van der Waals surface area contributed by atoms with Gasteiger partial charge in [-0.3, -0.25) is 14.9 Å². The van der Waals surface area contributed by atoms with E-state index in [1.165, 1.54) is 54.7 Å². The highest BCUT2D eigenvalue weighted by atomic mass is 19.1. The summed E-state index contributed by atoms with van der Waals surface area (Å²) in [6, 6.07) is 10.4. The minimum Gasteiger partial charge on any atom is -0.478 e. The van der Waals surface area contributed by atoms with Crippen LogP contribution in [0.2, 0.25) is 0 Å². The lowest BCUT2D eigenvalue weighted by molar-refractivity contribution is -0.123. The molecule has 0 saturated carbocycles. The summed E-state index contributed by atoms with van der Waals surface area (Å²) in [6.07, 6.45) is 1.23. The number of carboxylic acids is 1. The molecule has 1 atom stereocenters. The summed E-state index contributed by atoms with van der Waals surface area (Å²) in [5.74, 6) is -2.24. The predicted molar refractivity (Wildman–Crippen MR) is 103 cm³/mol. The van der Waals surface area contributed by atoms with Gasteiger partial charge in [0.25, 0.3) is 5.91 Å². The van der Waals surface area contributed by atoms with E-state index in [1.54, 1.807) is 0 Å². The maximum Gasteiger partial charge on any atom is 0.335 e. The molecule has 0 spiro atoms. The first kappa shape index (κ1) is 19.7. The van der Waals surface area contributed by atoms with Gasteiger partial charge in [-0.05, 0) is 42.0 Å². The Morgan fingerprint density at radius 1 is 1.17 bits per heavy atom. The topological polar surface area (TPSA) is 132 Å². The number of carbonyl (C=O) groups is 3. The first-order chi connectivity index (χ1) is 13.9. The molecule has 0 aliphatic carbocycles. The van der Waals surface area contributed by atoms with Crippen molar-refractivity contribution in [3.8, 4) is 0 Å².